The Labute approximate surface area is 87.5 Å². The van der Waals surface area contributed by atoms with Gasteiger partial charge in [0.1, 0.15) is 5.92 Å². The third kappa shape index (κ3) is 3.79. The van der Waals surface area contributed by atoms with E-state index in [0.717, 1.165) is 19.3 Å². The summed E-state index contributed by atoms with van der Waals surface area (Å²) in [6.45, 7) is 8.45. The van der Waals surface area contributed by atoms with Crippen molar-refractivity contribution < 1.29 is 0 Å². The minimum atomic E-state index is -0.457. The van der Waals surface area contributed by atoms with Crippen molar-refractivity contribution in [3.8, 4) is 12.1 Å². The molecular formula is C12H20N2. The zero-order chi connectivity index (χ0) is 11.2. The van der Waals surface area contributed by atoms with Crippen LogP contribution in [0.25, 0.3) is 0 Å². The van der Waals surface area contributed by atoms with E-state index < -0.39 is 5.92 Å². The molecule has 78 valence electrons. The van der Waals surface area contributed by atoms with E-state index in [1.54, 1.807) is 0 Å². The highest BCUT2D eigenvalue weighted by atomic mass is 14.4. The zero-order valence-corrected chi connectivity index (χ0v) is 9.67. The van der Waals surface area contributed by atoms with Crippen LogP contribution in [0.4, 0.5) is 0 Å². The van der Waals surface area contributed by atoms with Gasteiger partial charge >= 0.3 is 0 Å². The van der Waals surface area contributed by atoms with Gasteiger partial charge in [-0.25, -0.2) is 0 Å². The maximum atomic E-state index is 8.89. The molecule has 0 saturated carbocycles. The highest BCUT2D eigenvalue weighted by Gasteiger charge is 2.31. The van der Waals surface area contributed by atoms with Gasteiger partial charge in [0.15, 0.2) is 0 Å². The first-order chi connectivity index (χ1) is 6.47. The largest absolute Gasteiger partial charge is 0.197 e. The fraction of sp³-hybridized carbons (Fsp3) is 0.833. The number of hydrogen-bond acceptors (Lipinski definition) is 2. The third-order valence-corrected chi connectivity index (χ3v) is 2.66. The van der Waals surface area contributed by atoms with Crippen molar-refractivity contribution in [3.63, 3.8) is 0 Å². The van der Waals surface area contributed by atoms with Crippen molar-refractivity contribution in [2.45, 2.75) is 47.0 Å². The summed E-state index contributed by atoms with van der Waals surface area (Å²) in [5, 5.41) is 17.8. The maximum absolute atomic E-state index is 8.89. The molecule has 0 aromatic carbocycles. The summed E-state index contributed by atoms with van der Waals surface area (Å²) in [5.41, 5.74) is 0.0469. The van der Waals surface area contributed by atoms with Crippen molar-refractivity contribution in [2.75, 3.05) is 0 Å². The summed E-state index contributed by atoms with van der Waals surface area (Å²) in [7, 11) is 0. The fourth-order valence-electron chi connectivity index (χ4n) is 1.73. The molecule has 0 rings (SSSR count). The van der Waals surface area contributed by atoms with E-state index >= 15 is 0 Å². The minimum absolute atomic E-state index is 0.0469. The first-order valence-electron chi connectivity index (χ1n) is 5.26. The number of unbranched alkanes of at least 4 members (excludes halogenated alkanes) is 1. The van der Waals surface area contributed by atoms with Crippen LogP contribution in [0.2, 0.25) is 0 Å². The van der Waals surface area contributed by atoms with Gasteiger partial charge in [-0.15, -0.1) is 0 Å². The molecule has 14 heavy (non-hydrogen) atoms. The molecule has 0 fully saturated rings. The molecule has 0 spiro atoms. The van der Waals surface area contributed by atoms with E-state index in [-0.39, 0.29) is 11.3 Å². The second kappa shape index (κ2) is 5.66. The molecule has 0 N–H and O–H groups in total. The van der Waals surface area contributed by atoms with E-state index in [1.807, 2.05) is 0 Å². The lowest BCUT2D eigenvalue weighted by atomic mass is 9.71. The monoisotopic (exact) mass is 192 g/mol. The van der Waals surface area contributed by atoms with Crippen molar-refractivity contribution in [1.29, 1.82) is 10.5 Å². The van der Waals surface area contributed by atoms with E-state index in [2.05, 4.69) is 39.8 Å². The standard InChI is InChI=1S/C12H20N2/c1-5-6-7-11(12(2,3)4)10(8-13)9-14/h10-11H,5-7H2,1-4H3. The predicted molar refractivity (Wildman–Crippen MR) is 57.2 cm³/mol. The highest BCUT2D eigenvalue weighted by Crippen LogP contribution is 2.35. The lowest BCUT2D eigenvalue weighted by molar-refractivity contribution is 0.196. The predicted octanol–water partition coefficient (Wildman–Crippen LogP) is 3.50. The van der Waals surface area contributed by atoms with Gasteiger partial charge in [-0.2, -0.15) is 10.5 Å². The van der Waals surface area contributed by atoms with Crippen LogP contribution in [0.15, 0.2) is 0 Å². The molecule has 1 atom stereocenters. The fourth-order valence-corrected chi connectivity index (χ4v) is 1.73. The molecule has 2 heteroatoms. The lowest BCUT2D eigenvalue weighted by Crippen LogP contribution is -2.26. The summed E-state index contributed by atoms with van der Waals surface area (Å²) >= 11 is 0. The van der Waals surface area contributed by atoms with Crippen LogP contribution in [0.1, 0.15) is 47.0 Å². The summed E-state index contributed by atoms with van der Waals surface area (Å²) in [6.07, 6.45) is 3.20. The molecule has 1 unspecified atom stereocenters. The SMILES string of the molecule is CCCCC(C(C#N)C#N)C(C)(C)C. The molecule has 0 aliphatic carbocycles. The Morgan fingerprint density at radius 3 is 1.93 bits per heavy atom. The number of nitriles is 2. The van der Waals surface area contributed by atoms with Crippen molar-refractivity contribution in [3.05, 3.63) is 0 Å². The molecule has 0 aromatic heterocycles. The van der Waals surface area contributed by atoms with Crippen LogP contribution in [-0.4, -0.2) is 0 Å². The second-order valence-electron chi connectivity index (χ2n) is 4.85. The van der Waals surface area contributed by atoms with Gasteiger partial charge in [0.25, 0.3) is 0 Å². The Bertz CT molecular complexity index is 223. The maximum Gasteiger partial charge on any atom is 0.136 e. The molecule has 0 aliphatic rings. The smallest absolute Gasteiger partial charge is 0.136 e. The van der Waals surface area contributed by atoms with Crippen LogP contribution in [-0.2, 0) is 0 Å². The van der Waals surface area contributed by atoms with Crippen LogP contribution in [0.3, 0.4) is 0 Å². The molecular weight excluding hydrogens is 172 g/mol. The van der Waals surface area contributed by atoms with Crippen LogP contribution in [0, 0.1) is 39.9 Å². The zero-order valence-electron chi connectivity index (χ0n) is 9.67. The Kier molecular flexibility index (Phi) is 5.24. The Morgan fingerprint density at radius 1 is 1.14 bits per heavy atom. The first-order valence-corrected chi connectivity index (χ1v) is 5.26. The van der Waals surface area contributed by atoms with E-state index in [9.17, 15) is 0 Å². The van der Waals surface area contributed by atoms with Gasteiger partial charge in [0.05, 0.1) is 12.1 Å². The summed E-state index contributed by atoms with van der Waals surface area (Å²) in [4.78, 5) is 0. The summed E-state index contributed by atoms with van der Waals surface area (Å²) in [5.74, 6) is -0.265. The van der Waals surface area contributed by atoms with E-state index in [1.165, 1.54) is 0 Å². The lowest BCUT2D eigenvalue weighted by Gasteiger charge is -2.31. The molecule has 0 aliphatic heterocycles. The Hall–Kier alpha value is -1.02. The molecule has 0 saturated heterocycles. The average molecular weight is 192 g/mol. The van der Waals surface area contributed by atoms with E-state index in [4.69, 9.17) is 10.5 Å². The van der Waals surface area contributed by atoms with Crippen molar-refractivity contribution in [1.82, 2.24) is 0 Å². The molecule has 0 heterocycles. The van der Waals surface area contributed by atoms with Gasteiger partial charge < -0.3 is 0 Å². The number of rotatable bonds is 4. The quantitative estimate of drug-likeness (QED) is 0.684. The summed E-state index contributed by atoms with van der Waals surface area (Å²) in [6, 6.07) is 4.21. The molecule has 0 bridgehead atoms. The molecule has 2 nitrogen and oxygen atoms in total. The van der Waals surface area contributed by atoms with Crippen molar-refractivity contribution >= 4 is 0 Å². The Morgan fingerprint density at radius 2 is 1.64 bits per heavy atom. The van der Waals surface area contributed by atoms with Crippen LogP contribution < -0.4 is 0 Å². The average Bonchev–Trinajstić information content (AvgIpc) is 2.10. The van der Waals surface area contributed by atoms with Gasteiger partial charge in [-0.1, -0.05) is 40.5 Å². The first kappa shape index (κ1) is 13.0. The van der Waals surface area contributed by atoms with Gasteiger partial charge in [0, 0.05) is 0 Å². The van der Waals surface area contributed by atoms with Crippen molar-refractivity contribution in [2.24, 2.45) is 17.3 Å². The van der Waals surface area contributed by atoms with Crippen LogP contribution in [0.5, 0.6) is 0 Å². The second-order valence-corrected chi connectivity index (χ2v) is 4.85. The summed E-state index contributed by atoms with van der Waals surface area (Å²) < 4.78 is 0. The molecule has 0 radical (unpaired) electrons. The normalized spacial score (nSPS) is 13.4. The number of hydrogen-bond donors (Lipinski definition) is 0. The van der Waals surface area contributed by atoms with Gasteiger partial charge in [-0.3, -0.25) is 0 Å². The molecule has 0 aromatic rings. The van der Waals surface area contributed by atoms with Crippen LogP contribution >= 0.6 is 0 Å². The Balaban J connectivity index is 4.58. The van der Waals surface area contributed by atoms with E-state index in [0.29, 0.717) is 0 Å². The highest BCUT2D eigenvalue weighted by molar-refractivity contribution is 5.05. The van der Waals surface area contributed by atoms with Gasteiger partial charge in [-0.05, 0) is 17.8 Å². The topological polar surface area (TPSA) is 47.6 Å². The van der Waals surface area contributed by atoms with Gasteiger partial charge in [0.2, 0.25) is 0 Å². The number of nitrogens with zero attached hydrogens (tertiary/aromatic N) is 2. The minimum Gasteiger partial charge on any atom is -0.197 e. The molecule has 0 amide bonds. The third-order valence-electron chi connectivity index (χ3n) is 2.66.